The highest BCUT2D eigenvalue weighted by atomic mass is 16.6. The van der Waals surface area contributed by atoms with E-state index in [0.717, 1.165) is 0 Å². The Hall–Kier alpha value is -0.850. The first-order valence-corrected chi connectivity index (χ1v) is 2.87. The van der Waals surface area contributed by atoms with Gasteiger partial charge in [0.25, 0.3) is 0 Å². The Bertz CT molecular complexity index is 137. The fraction of sp³-hybridized carbons (Fsp3) is 0.750. The van der Waals surface area contributed by atoms with E-state index in [4.69, 9.17) is 11.8 Å². The summed E-state index contributed by atoms with van der Waals surface area (Å²) in [5.41, 5.74) is 0. The van der Waals surface area contributed by atoms with Crippen molar-refractivity contribution in [3.8, 4) is 0 Å². The van der Waals surface area contributed by atoms with Crippen molar-refractivity contribution in [2.75, 3.05) is 13.1 Å². The molecule has 0 aromatic carbocycles. The lowest BCUT2D eigenvalue weighted by atomic mass is 10.3. The van der Waals surface area contributed by atoms with Crippen molar-refractivity contribution >= 4 is 6.02 Å². The van der Waals surface area contributed by atoms with Gasteiger partial charge in [0, 0.05) is 6.54 Å². The molecule has 0 saturated carbocycles. The van der Waals surface area contributed by atoms with Gasteiger partial charge in [0.15, 0.2) is 0 Å². The number of nitrogens with one attached hydrogen (secondary N) is 1. The number of amidine groups is 1. The molecule has 1 aliphatic rings. The molecule has 1 unspecified atom stereocenters. The number of rotatable bonds is 1. The van der Waals surface area contributed by atoms with Gasteiger partial charge < -0.3 is 10.2 Å². The van der Waals surface area contributed by atoms with E-state index in [1.807, 2.05) is 0 Å². The van der Waals surface area contributed by atoms with Crippen LogP contribution in [0.25, 0.3) is 0 Å². The summed E-state index contributed by atoms with van der Waals surface area (Å²) >= 11 is 0. The molecule has 1 atom stereocenters. The van der Waals surface area contributed by atoms with Crippen LogP contribution in [-0.2, 0) is 9.68 Å². The van der Waals surface area contributed by atoms with Gasteiger partial charge in [-0.2, -0.15) is 5.90 Å². The Morgan fingerprint density at radius 2 is 2.40 bits per heavy atom. The van der Waals surface area contributed by atoms with Gasteiger partial charge in [-0.3, -0.25) is 4.84 Å². The summed E-state index contributed by atoms with van der Waals surface area (Å²) in [5.74, 6) is 9.73. The molecule has 0 spiro atoms. The molecule has 0 bridgehead atoms. The summed E-state index contributed by atoms with van der Waals surface area (Å²) < 4.78 is 0. The molecule has 0 saturated heterocycles. The molecule has 0 fully saturated rings. The van der Waals surface area contributed by atoms with Crippen LogP contribution < -0.4 is 17.1 Å². The van der Waals surface area contributed by atoms with Gasteiger partial charge in [-0.05, 0) is 0 Å². The normalized spacial score (nSPS) is 25.0. The largest absolute Gasteiger partial charge is 0.374 e. The van der Waals surface area contributed by atoms with Crippen molar-refractivity contribution in [3.63, 3.8) is 0 Å². The second-order valence-electron chi connectivity index (χ2n) is 1.90. The van der Waals surface area contributed by atoms with E-state index >= 15 is 0 Å². The molecule has 0 amide bonds. The van der Waals surface area contributed by atoms with E-state index in [0.29, 0.717) is 19.1 Å². The molecule has 0 aromatic rings. The zero-order valence-electron chi connectivity index (χ0n) is 5.41. The van der Waals surface area contributed by atoms with Crippen LogP contribution in [0.3, 0.4) is 0 Å². The van der Waals surface area contributed by atoms with Crippen LogP contribution in [0.15, 0.2) is 4.99 Å². The van der Waals surface area contributed by atoms with Crippen molar-refractivity contribution < 1.29 is 9.68 Å². The first-order valence-electron chi connectivity index (χ1n) is 2.87. The topological polar surface area (TPSA) is 94.9 Å². The highest BCUT2D eigenvalue weighted by molar-refractivity contribution is 5.73. The van der Waals surface area contributed by atoms with Gasteiger partial charge in [-0.1, -0.05) is 0 Å². The van der Waals surface area contributed by atoms with Crippen LogP contribution in [0, 0.1) is 0 Å². The summed E-state index contributed by atoms with van der Waals surface area (Å²) in [6.07, 6.45) is -0.0844. The molecule has 0 aliphatic carbocycles. The Balaban J connectivity index is 2.36. The maximum Gasteiger partial charge on any atom is 0.304 e. The average molecular weight is 146 g/mol. The lowest BCUT2D eigenvalue weighted by Crippen LogP contribution is -2.43. The van der Waals surface area contributed by atoms with Gasteiger partial charge in [0.05, 0.1) is 6.54 Å². The van der Waals surface area contributed by atoms with Crippen LogP contribution >= 0.6 is 0 Å². The molecule has 1 heterocycles. The third kappa shape index (κ3) is 1.56. The molecule has 6 heteroatoms. The first-order chi connectivity index (χ1) is 4.86. The van der Waals surface area contributed by atoms with Crippen LogP contribution in [0.5, 0.6) is 0 Å². The summed E-state index contributed by atoms with van der Waals surface area (Å²) in [5, 5.41) is 2.77. The van der Waals surface area contributed by atoms with Crippen molar-refractivity contribution in [3.05, 3.63) is 0 Å². The average Bonchev–Trinajstić information content (AvgIpc) is 2.05. The van der Waals surface area contributed by atoms with E-state index in [1.165, 1.54) is 0 Å². The highest BCUT2D eigenvalue weighted by Gasteiger charge is 2.14. The summed E-state index contributed by atoms with van der Waals surface area (Å²) in [6, 6.07) is 0.327. The SMILES string of the molecule is NOC1=NCC(ON)CN1. The fourth-order valence-corrected chi connectivity index (χ4v) is 0.676. The maximum atomic E-state index is 4.91. The standard InChI is InChI=1S/C4H10N4O2/c5-9-3-1-7-4(10-6)8-2-3/h3H,1-2,5-6H2,(H,7,8). The Labute approximate surface area is 58.1 Å². The predicted octanol–water partition coefficient (Wildman–Crippen LogP) is -1.91. The molecule has 5 N–H and O–H groups in total. The lowest BCUT2D eigenvalue weighted by molar-refractivity contribution is 0.0566. The number of nitrogens with zero attached hydrogens (tertiary/aromatic N) is 1. The van der Waals surface area contributed by atoms with Crippen molar-refractivity contribution in [2.24, 2.45) is 16.8 Å². The lowest BCUT2D eigenvalue weighted by Gasteiger charge is -2.18. The molecule has 1 aliphatic heterocycles. The second-order valence-corrected chi connectivity index (χ2v) is 1.90. The van der Waals surface area contributed by atoms with Crippen molar-refractivity contribution in [1.82, 2.24) is 5.32 Å². The highest BCUT2D eigenvalue weighted by Crippen LogP contribution is 1.93. The molecule has 0 radical (unpaired) electrons. The molecule has 6 nitrogen and oxygen atoms in total. The predicted molar refractivity (Wildman–Crippen MR) is 34.6 cm³/mol. The minimum Gasteiger partial charge on any atom is -0.374 e. The number of hydrogen-bond donors (Lipinski definition) is 3. The van der Waals surface area contributed by atoms with E-state index in [1.54, 1.807) is 0 Å². The Morgan fingerprint density at radius 3 is 2.80 bits per heavy atom. The van der Waals surface area contributed by atoms with E-state index in [9.17, 15) is 0 Å². The first kappa shape index (κ1) is 7.26. The summed E-state index contributed by atoms with van der Waals surface area (Å²) in [6.45, 7) is 1.06. The maximum absolute atomic E-state index is 4.91. The number of nitrogens with two attached hydrogens (primary N) is 2. The van der Waals surface area contributed by atoms with Crippen LogP contribution in [-0.4, -0.2) is 25.2 Å². The fourth-order valence-electron chi connectivity index (χ4n) is 0.676. The summed E-state index contributed by atoms with van der Waals surface area (Å²) in [7, 11) is 0. The monoisotopic (exact) mass is 146 g/mol. The zero-order chi connectivity index (χ0) is 7.40. The number of aliphatic imine (C=N–C) groups is 1. The summed E-state index contributed by atoms with van der Waals surface area (Å²) in [4.78, 5) is 12.7. The van der Waals surface area contributed by atoms with E-state index in [-0.39, 0.29) is 6.10 Å². The molecule has 58 valence electrons. The van der Waals surface area contributed by atoms with E-state index < -0.39 is 0 Å². The van der Waals surface area contributed by atoms with Crippen molar-refractivity contribution in [1.29, 1.82) is 0 Å². The Morgan fingerprint density at radius 1 is 1.60 bits per heavy atom. The zero-order valence-corrected chi connectivity index (χ0v) is 5.41. The molecular formula is C4H10N4O2. The number of hydrogen-bond acceptors (Lipinski definition) is 6. The third-order valence-corrected chi connectivity index (χ3v) is 1.22. The second kappa shape index (κ2) is 3.35. The van der Waals surface area contributed by atoms with Crippen molar-refractivity contribution in [2.45, 2.75) is 6.10 Å². The van der Waals surface area contributed by atoms with Gasteiger partial charge in [0.1, 0.15) is 6.10 Å². The van der Waals surface area contributed by atoms with Gasteiger partial charge >= 0.3 is 6.02 Å². The van der Waals surface area contributed by atoms with Crippen LogP contribution in [0.2, 0.25) is 0 Å². The minimum atomic E-state index is -0.0844. The smallest absolute Gasteiger partial charge is 0.304 e. The van der Waals surface area contributed by atoms with E-state index in [2.05, 4.69) is 20.0 Å². The third-order valence-electron chi connectivity index (χ3n) is 1.22. The van der Waals surface area contributed by atoms with Gasteiger partial charge in [-0.15, -0.1) is 0 Å². The minimum absolute atomic E-state index is 0.0844. The molecular weight excluding hydrogens is 136 g/mol. The molecule has 1 rings (SSSR count). The molecule has 10 heavy (non-hydrogen) atoms. The van der Waals surface area contributed by atoms with Gasteiger partial charge in [-0.25, -0.2) is 10.9 Å². The van der Waals surface area contributed by atoms with Gasteiger partial charge in [0.2, 0.25) is 0 Å². The molecule has 0 aromatic heterocycles. The van der Waals surface area contributed by atoms with Crippen LogP contribution in [0.1, 0.15) is 0 Å². The van der Waals surface area contributed by atoms with Crippen LogP contribution in [0.4, 0.5) is 0 Å². The Kier molecular flexibility index (Phi) is 2.43. The quantitative estimate of drug-likeness (QED) is 0.375.